The van der Waals surface area contributed by atoms with E-state index in [2.05, 4.69) is 16.5 Å². The fraction of sp³-hybridized carbons (Fsp3) is 0.259. The highest BCUT2D eigenvalue weighted by Gasteiger charge is 2.17. The molecule has 0 unspecified atom stereocenters. The summed E-state index contributed by atoms with van der Waals surface area (Å²) < 4.78 is 12.5. The summed E-state index contributed by atoms with van der Waals surface area (Å²) in [5.74, 6) is 1.91. The van der Waals surface area contributed by atoms with Crippen molar-refractivity contribution in [3.63, 3.8) is 0 Å². The van der Waals surface area contributed by atoms with Gasteiger partial charge in [0, 0.05) is 11.8 Å². The fourth-order valence-corrected chi connectivity index (χ4v) is 3.97. The maximum Gasteiger partial charge on any atom is 0.225 e. The third-order valence-corrected chi connectivity index (χ3v) is 5.77. The number of amides is 1. The molecule has 1 amide bonds. The van der Waals surface area contributed by atoms with Crippen molar-refractivity contribution in [3.8, 4) is 23.4 Å². The Labute approximate surface area is 204 Å². The van der Waals surface area contributed by atoms with E-state index in [0.29, 0.717) is 36.2 Å². The van der Waals surface area contributed by atoms with Crippen LogP contribution >= 0.6 is 0 Å². The molecule has 0 fully saturated rings. The van der Waals surface area contributed by atoms with Gasteiger partial charge >= 0.3 is 0 Å². The summed E-state index contributed by atoms with van der Waals surface area (Å²) >= 11 is 0. The van der Waals surface area contributed by atoms with Crippen molar-refractivity contribution in [1.29, 1.82) is 5.26 Å². The number of aromatic nitrogens is 3. The number of rotatable bonds is 8. The first-order valence-electron chi connectivity index (χ1n) is 11.4. The highest BCUT2D eigenvalue weighted by atomic mass is 16.5. The Morgan fingerprint density at radius 3 is 2.71 bits per heavy atom. The van der Waals surface area contributed by atoms with Crippen LogP contribution < -0.4 is 14.8 Å². The van der Waals surface area contributed by atoms with Gasteiger partial charge in [0.25, 0.3) is 0 Å². The molecule has 0 saturated heterocycles. The first-order valence-corrected chi connectivity index (χ1v) is 11.4. The Balaban J connectivity index is 1.57. The number of nitrogens with zero attached hydrogens (tertiary/aromatic N) is 4. The zero-order valence-corrected chi connectivity index (χ0v) is 20.3. The second kappa shape index (κ2) is 10.3. The summed E-state index contributed by atoms with van der Waals surface area (Å²) in [5.41, 5.74) is 4.14. The Hall–Kier alpha value is -4.38. The number of aryl methyl sites for hydroxylation is 3. The number of nitrogens with one attached hydrogen (secondary N) is 1. The van der Waals surface area contributed by atoms with Gasteiger partial charge in [-0.25, -0.2) is 4.98 Å². The molecule has 1 N–H and O–H groups in total. The minimum atomic E-state index is -0.232. The van der Waals surface area contributed by atoms with Crippen LogP contribution in [0, 0.1) is 25.2 Å². The van der Waals surface area contributed by atoms with Gasteiger partial charge < -0.3 is 14.8 Å². The van der Waals surface area contributed by atoms with Crippen molar-refractivity contribution in [3.05, 3.63) is 70.9 Å². The van der Waals surface area contributed by atoms with E-state index in [1.807, 2.05) is 63.2 Å². The van der Waals surface area contributed by atoms with Crippen LogP contribution in [0.1, 0.15) is 35.6 Å². The molecule has 0 saturated carbocycles. The van der Waals surface area contributed by atoms with Crippen molar-refractivity contribution in [2.45, 2.75) is 33.6 Å². The molecule has 35 heavy (non-hydrogen) atoms. The Kier molecular flexibility index (Phi) is 6.97. The van der Waals surface area contributed by atoms with E-state index in [1.54, 1.807) is 7.11 Å². The second-order valence-electron chi connectivity index (χ2n) is 8.17. The number of methoxy groups -OCH3 is 1. The smallest absolute Gasteiger partial charge is 0.225 e. The highest BCUT2D eigenvalue weighted by Crippen LogP contribution is 2.29. The monoisotopic (exact) mass is 469 g/mol. The third kappa shape index (κ3) is 4.94. The van der Waals surface area contributed by atoms with Gasteiger partial charge in [-0.2, -0.15) is 15.0 Å². The molecule has 2 heterocycles. The molecule has 0 radical (unpaired) electrons. The van der Waals surface area contributed by atoms with Crippen LogP contribution in [0.5, 0.6) is 11.5 Å². The number of hydrogen-bond donors (Lipinski definition) is 1. The van der Waals surface area contributed by atoms with Crippen LogP contribution in [0.3, 0.4) is 0 Å². The van der Waals surface area contributed by atoms with Crippen molar-refractivity contribution in [2.24, 2.45) is 0 Å². The molecular weight excluding hydrogens is 442 g/mol. The molecule has 0 aliphatic heterocycles. The summed E-state index contributed by atoms with van der Waals surface area (Å²) in [7, 11) is 1.59. The number of carbonyl (C=O) groups is 1. The fourth-order valence-electron chi connectivity index (χ4n) is 3.97. The molecule has 0 aliphatic rings. The minimum Gasteiger partial charge on any atom is -0.493 e. The van der Waals surface area contributed by atoms with E-state index in [9.17, 15) is 10.1 Å². The zero-order chi connectivity index (χ0) is 24.9. The van der Waals surface area contributed by atoms with Gasteiger partial charge in [-0.05, 0) is 62.1 Å². The first-order chi connectivity index (χ1) is 16.9. The van der Waals surface area contributed by atoms with Gasteiger partial charge in [0.1, 0.15) is 11.6 Å². The number of ether oxygens (including phenoxy) is 2. The van der Waals surface area contributed by atoms with Gasteiger partial charge in [0.05, 0.1) is 25.4 Å². The normalized spacial score (nSPS) is 10.7. The van der Waals surface area contributed by atoms with E-state index in [-0.39, 0.29) is 17.9 Å². The summed E-state index contributed by atoms with van der Waals surface area (Å²) in [5, 5.41) is 17.9. The summed E-state index contributed by atoms with van der Waals surface area (Å²) in [6.07, 6.45) is 2.15. The van der Waals surface area contributed by atoms with E-state index < -0.39 is 0 Å². The highest BCUT2D eigenvalue weighted by molar-refractivity contribution is 5.92. The lowest BCUT2D eigenvalue weighted by Gasteiger charge is -2.13. The molecule has 4 rings (SSSR count). The summed E-state index contributed by atoms with van der Waals surface area (Å²) in [4.78, 5) is 17.6. The van der Waals surface area contributed by atoms with Crippen LogP contribution in [0.4, 0.5) is 5.82 Å². The lowest BCUT2D eigenvalue weighted by Crippen LogP contribution is -2.17. The van der Waals surface area contributed by atoms with E-state index >= 15 is 0 Å². The third-order valence-electron chi connectivity index (χ3n) is 5.77. The number of pyridine rings is 1. The van der Waals surface area contributed by atoms with Crippen molar-refractivity contribution >= 4 is 22.6 Å². The van der Waals surface area contributed by atoms with Crippen LogP contribution in [-0.4, -0.2) is 34.4 Å². The number of para-hydroxylation sites is 1. The molecule has 4 aromatic rings. The van der Waals surface area contributed by atoms with E-state index in [0.717, 1.165) is 27.6 Å². The Morgan fingerprint density at radius 2 is 1.97 bits per heavy atom. The van der Waals surface area contributed by atoms with Gasteiger partial charge in [-0.15, -0.1) is 0 Å². The molecule has 8 nitrogen and oxygen atoms in total. The number of anilines is 1. The molecular formula is C27H27N5O3. The van der Waals surface area contributed by atoms with Gasteiger partial charge in [0.15, 0.2) is 23.1 Å². The molecule has 0 atom stereocenters. The van der Waals surface area contributed by atoms with Crippen LogP contribution in [0.15, 0.2) is 48.7 Å². The molecule has 0 bridgehead atoms. The van der Waals surface area contributed by atoms with Crippen LogP contribution in [0.2, 0.25) is 0 Å². The molecule has 178 valence electrons. The van der Waals surface area contributed by atoms with Crippen molar-refractivity contribution in [2.75, 3.05) is 19.0 Å². The van der Waals surface area contributed by atoms with Gasteiger partial charge in [0.2, 0.25) is 5.91 Å². The van der Waals surface area contributed by atoms with E-state index in [1.165, 1.54) is 10.9 Å². The molecule has 2 aromatic carbocycles. The SMILES string of the molecule is CCOc1ccc(CCC(=O)Nc2c(C#N)cnn2-c2cc(C)c3cccc(C)c3n2)cc1OC. The standard InChI is InChI=1S/C27H27N5O3/c1-5-35-22-11-9-19(14-23(22)34-4)10-12-25(33)31-27-20(15-28)16-29-32(27)24-13-18(3)21-8-6-7-17(2)26(21)30-24/h6-9,11,13-14,16H,5,10,12H2,1-4H3,(H,31,33). The maximum atomic E-state index is 12.9. The van der Waals surface area contributed by atoms with Crippen LogP contribution in [0.25, 0.3) is 16.7 Å². The van der Waals surface area contributed by atoms with E-state index in [4.69, 9.17) is 14.5 Å². The topological polar surface area (TPSA) is 102 Å². The second-order valence-corrected chi connectivity index (χ2v) is 8.17. The predicted molar refractivity (Wildman–Crippen MR) is 134 cm³/mol. The average Bonchev–Trinajstić information content (AvgIpc) is 3.26. The van der Waals surface area contributed by atoms with Gasteiger partial charge in [-0.3, -0.25) is 4.79 Å². The van der Waals surface area contributed by atoms with Gasteiger partial charge in [-0.1, -0.05) is 24.3 Å². The maximum absolute atomic E-state index is 12.9. The summed E-state index contributed by atoms with van der Waals surface area (Å²) in [6, 6.07) is 15.7. The lowest BCUT2D eigenvalue weighted by atomic mass is 10.1. The number of nitriles is 1. The van der Waals surface area contributed by atoms with Crippen molar-refractivity contribution < 1.29 is 14.3 Å². The lowest BCUT2D eigenvalue weighted by molar-refractivity contribution is -0.116. The zero-order valence-electron chi connectivity index (χ0n) is 20.3. The number of benzene rings is 2. The Bertz CT molecular complexity index is 1440. The molecule has 0 spiro atoms. The minimum absolute atomic E-state index is 0.219. The number of fused-ring (bicyclic) bond motifs is 1. The van der Waals surface area contributed by atoms with Crippen LogP contribution in [-0.2, 0) is 11.2 Å². The summed E-state index contributed by atoms with van der Waals surface area (Å²) in [6.45, 7) is 6.46. The first kappa shape index (κ1) is 23.8. The average molecular weight is 470 g/mol. The number of hydrogen-bond acceptors (Lipinski definition) is 6. The van der Waals surface area contributed by atoms with Crippen molar-refractivity contribution in [1.82, 2.24) is 14.8 Å². The Morgan fingerprint density at radius 1 is 1.14 bits per heavy atom. The molecule has 0 aliphatic carbocycles. The predicted octanol–water partition coefficient (Wildman–Crippen LogP) is 4.89. The quantitative estimate of drug-likeness (QED) is 0.394. The largest absolute Gasteiger partial charge is 0.493 e. The molecule has 2 aromatic heterocycles. The molecule has 8 heteroatoms. The number of carbonyl (C=O) groups excluding carboxylic acids is 1.